The summed E-state index contributed by atoms with van der Waals surface area (Å²) in [5, 5.41) is 64.1. The van der Waals surface area contributed by atoms with E-state index < -0.39 is 48.0 Å². The predicted molar refractivity (Wildman–Crippen MR) is 83.4 cm³/mol. The van der Waals surface area contributed by atoms with Crippen LogP contribution < -0.4 is 0 Å². The van der Waals surface area contributed by atoms with E-state index in [2.05, 4.69) is 0 Å². The molecule has 0 aromatic carbocycles. The molecule has 27 heavy (non-hydrogen) atoms. The molecule has 8 N–H and O–H groups in total. The average Bonchev–Trinajstić information content (AvgIpc) is 2.50. The minimum atomic E-state index is -2.27. The first-order valence-electron chi connectivity index (χ1n) is 6.41. The summed E-state index contributed by atoms with van der Waals surface area (Å²) in [6.07, 6.45) is -5.72. The SMILES string of the molecule is O=C(O)C(O)C(O)C(=O)O.O=C(O)CCC(=O)O.O=C(O)CCC(=O)O.[NaH]. The second-order valence-corrected chi connectivity index (χ2v) is 4.14. The zero-order valence-electron chi connectivity index (χ0n) is 13.0. The summed E-state index contributed by atoms with van der Waals surface area (Å²) in [7, 11) is 0. The van der Waals surface area contributed by atoms with Gasteiger partial charge in [-0.3, -0.25) is 19.2 Å². The van der Waals surface area contributed by atoms with Crippen molar-refractivity contribution in [2.24, 2.45) is 0 Å². The summed E-state index contributed by atoms with van der Waals surface area (Å²) in [5.41, 5.74) is 0. The summed E-state index contributed by atoms with van der Waals surface area (Å²) in [6, 6.07) is 0. The van der Waals surface area contributed by atoms with Gasteiger partial charge < -0.3 is 40.9 Å². The second kappa shape index (κ2) is 18.5. The monoisotopic (exact) mass is 410 g/mol. The van der Waals surface area contributed by atoms with Crippen LogP contribution in [0.3, 0.4) is 0 Å². The van der Waals surface area contributed by atoms with Crippen LogP contribution in [0.1, 0.15) is 25.7 Å². The first-order valence-corrected chi connectivity index (χ1v) is 6.41. The van der Waals surface area contributed by atoms with Crippen molar-refractivity contribution in [2.45, 2.75) is 37.9 Å². The number of rotatable bonds is 9. The number of hydrogen-bond donors (Lipinski definition) is 8. The van der Waals surface area contributed by atoms with E-state index in [1.807, 2.05) is 0 Å². The molecule has 0 bridgehead atoms. The van der Waals surface area contributed by atoms with Crippen molar-refractivity contribution in [3.05, 3.63) is 0 Å². The van der Waals surface area contributed by atoms with E-state index in [1.165, 1.54) is 0 Å². The van der Waals surface area contributed by atoms with Gasteiger partial charge in [-0.15, -0.1) is 0 Å². The molecule has 0 aliphatic heterocycles. The van der Waals surface area contributed by atoms with Crippen LogP contribution in [0.4, 0.5) is 0 Å². The Morgan fingerprint density at radius 2 is 0.630 bits per heavy atom. The van der Waals surface area contributed by atoms with Gasteiger partial charge in [-0.1, -0.05) is 0 Å². The van der Waals surface area contributed by atoms with Crippen molar-refractivity contribution in [3.8, 4) is 0 Å². The van der Waals surface area contributed by atoms with E-state index in [4.69, 9.17) is 40.9 Å². The number of aliphatic hydroxyl groups excluding tert-OH is 2. The number of aliphatic carboxylic acids is 6. The standard InChI is InChI=1S/C4H6O6.2C4H6O4.Na.H/c5-1(3(7)8)2(6)4(9)10;2*5-3(6)1-2-4(7)8;;/h1-2,5-6H,(H,7,8)(H,9,10);2*1-2H2,(H,5,6)(H,7,8);;. The van der Waals surface area contributed by atoms with Gasteiger partial charge in [0, 0.05) is 0 Å². The van der Waals surface area contributed by atoms with Crippen molar-refractivity contribution < 1.29 is 69.6 Å². The molecule has 0 aromatic heterocycles. The Balaban J connectivity index is -0.000000146. The molecular weight excluding hydrogens is 391 g/mol. The first kappa shape index (κ1) is 32.4. The van der Waals surface area contributed by atoms with Gasteiger partial charge in [0.05, 0.1) is 25.7 Å². The minimum absolute atomic E-state index is 0. The molecule has 2 unspecified atom stereocenters. The van der Waals surface area contributed by atoms with Crippen molar-refractivity contribution in [3.63, 3.8) is 0 Å². The van der Waals surface area contributed by atoms with Gasteiger partial charge >= 0.3 is 65.4 Å². The molecule has 0 spiro atoms. The Kier molecular flexibility index (Phi) is 22.2. The number of carboxylic acids is 6. The van der Waals surface area contributed by atoms with Gasteiger partial charge in [-0.2, -0.15) is 0 Å². The van der Waals surface area contributed by atoms with Gasteiger partial charge in [0.25, 0.3) is 0 Å². The Bertz CT molecular complexity index is 442. The fourth-order valence-electron chi connectivity index (χ4n) is 0.698. The van der Waals surface area contributed by atoms with Crippen LogP contribution >= 0.6 is 0 Å². The Morgan fingerprint density at radius 1 is 0.481 bits per heavy atom. The van der Waals surface area contributed by atoms with Gasteiger partial charge in [-0.25, -0.2) is 9.59 Å². The van der Waals surface area contributed by atoms with Crippen LogP contribution in [0, 0.1) is 0 Å². The third-order valence-electron chi connectivity index (χ3n) is 1.91. The number of carboxylic acid groups (broad SMARTS) is 6. The molecule has 0 radical (unpaired) electrons. The zero-order chi connectivity index (χ0) is 21.4. The Hall–Kier alpha value is -2.26. The van der Waals surface area contributed by atoms with E-state index in [0.29, 0.717) is 0 Å². The quantitative estimate of drug-likeness (QED) is 0.177. The van der Waals surface area contributed by atoms with Gasteiger partial charge in [-0.05, 0) is 0 Å². The van der Waals surface area contributed by atoms with Crippen LogP contribution in [-0.4, -0.2) is 118 Å². The third kappa shape index (κ3) is 28.8. The van der Waals surface area contributed by atoms with E-state index >= 15 is 0 Å². The normalized spacial score (nSPS) is 10.9. The van der Waals surface area contributed by atoms with E-state index in [9.17, 15) is 28.8 Å². The Labute approximate surface area is 173 Å². The summed E-state index contributed by atoms with van der Waals surface area (Å²) < 4.78 is 0. The van der Waals surface area contributed by atoms with E-state index in [0.717, 1.165) is 0 Å². The molecule has 15 heteroatoms. The van der Waals surface area contributed by atoms with E-state index in [-0.39, 0.29) is 55.2 Å². The van der Waals surface area contributed by atoms with Gasteiger partial charge in [0.2, 0.25) is 0 Å². The molecule has 0 saturated heterocycles. The van der Waals surface area contributed by atoms with Crippen molar-refractivity contribution >= 4 is 65.4 Å². The van der Waals surface area contributed by atoms with Crippen molar-refractivity contribution in [1.82, 2.24) is 0 Å². The van der Waals surface area contributed by atoms with Crippen molar-refractivity contribution in [2.75, 3.05) is 0 Å². The van der Waals surface area contributed by atoms with Crippen LogP contribution in [0.5, 0.6) is 0 Å². The van der Waals surface area contributed by atoms with Gasteiger partial charge in [0.1, 0.15) is 0 Å². The Morgan fingerprint density at radius 3 is 0.704 bits per heavy atom. The van der Waals surface area contributed by atoms with Crippen LogP contribution in [-0.2, 0) is 28.8 Å². The topological polar surface area (TPSA) is 264 Å². The van der Waals surface area contributed by atoms with Crippen LogP contribution in [0.15, 0.2) is 0 Å². The molecule has 0 fully saturated rings. The second-order valence-electron chi connectivity index (χ2n) is 4.14. The summed E-state index contributed by atoms with van der Waals surface area (Å²) in [6.45, 7) is 0. The molecular formula is C12H19NaO14. The number of aliphatic hydroxyl groups is 2. The summed E-state index contributed by atoms with van der Waals surface area (Å²) in [5.74, 6) is -7.84. The maximum atomic E-state index is 9.77. The maximum absolute atomic E-state index is 9.77. The fourth-order valence-corrected chi connectivity index (χ4v) is 0.698. The summed E-state index contributed by atoms with van der Waals surface area (Å²) >= 11 is 0. The molecule has 0 saturated carbocycles. The third-order valence-corrected chi connectivity index (χ3v) is 1.91. The molecule has 0 amide bonds. The van der Waals surface area contributed by atoms with Crippen molar-refractivity contribution in [1.29, 1.82) is 0 Å². The zero-order valence-corrected chi connectivity index (χ0v) is 13.0. The summed E-state index contributed by atoms with van der Waals surface area (Å²) in [4.78, 5) is 58.1. The van der Waals surface area contributed by atoms with E-state index in [1.54, 1.807) is 0 Å². The van der Waals surface area contributed by atoms with Crippen LogP contribution in [0.2, 0.25) is 0 Å². The molecule has 152 valence electrons. The predicted octanol–water partition coefficient (Wildman–Crippen LogP) is -2.90. The average molecular weight is 410 g/mol. The fraction of sp³-hybridized carbons (Fsp3) is 0.500. The molecule has 0 rings (SSSR count). The first-order chi connectivity index (χ1) is 11.7. The number of carbonyl (C=O) groups is 6. The molecule has 0 aliphatic carbocycles. The molecule has 0 aliphatic rings. The number of hydrogen-bond acceptors (Lipinski definition) is 8. The molecule has 2 atom stereocenters. The van der Waals surface area contributed by atoms with Gasteiger partial charge in [0.15, 0.2) is 12.2 Å². The van der Waals surface area contributed by atoms with Crippen LogP contribution in [0.25, 0.3) is 0 Å². The molecule has 14 nitrogen and oxygen atoms in total. The molecule has 0 heterocycles. The molecule has 0 aromatic rings.